The second kappa shape index (κ2) is 9.00. The standard InChI is InChI=1S/C25H29N5OS/c1-15-9-19(10-16(2)27-15)29-24-12-22(28-18-8-7-17(11-18)14-31)20(13-26-24)25-30-21-5-3-4-6-23(21)32-25/h3-6,9-10,12-13,17-18,25,30-31H,7-8,11,14H2,1-2H3,(H2,26,27,28,29). The Morgan fingerprint density at radius 2 is 1.94 bits per heavy atom. The van der Waals surface area contributed by atoms with E-state index < -0.39 is 0 Å². The van der Waals surface area contributed by atoms with Gasteiger partial charge in [0.05, 0.1) is 0 Å². The van der Waals surface area contributed by atoms with Crippen molar-refractivity contribution < 1.29 is 5.11 Å². The van der Waals surface area contributed by atoms with Gasteiger partial charge in [-0.25, -0.2) is 4.98 Å². The molecule has 1 aromatic carbocycles. The summed E-state index contributed by atoms with van der Waals surface area (Å²) in [4.78, 5) is 10.5. The van der Waals surface area contributed by atoms with Gasteiger partial charge in [-0.2, -0.15) is 0 Å². The first-order valence-electron chi connectivity index (χ1n) is 11.2. The third-order valence-electron chi connectivity index (χ3n) is 6.15. The van der Waals surface area contributed by atoms with Crippen molar-refractivity contribution in [2.45, 2.75) is 49.4 Å². The third-order valence-corrected chi connectivity index (χ3v) is 7.37. The lowest BCUT2D eigenvalue weighted by Crippen LogP contribution is -2.19. The van der Waals surface area contributed by atoms with Crippen LogP contribution in [0.1, 0.15) is 41.6 Å². The molecule has 0 spiro atoms. The van der Waals surface area contributed by atoms with Crippen molar-refractivity contribution >= 4 is 34.6 Å². The van der Waals surface area contributed by atoms with Crippen LogP contribution in [0.3, 0.4) is 0 Å². The third kappa shape index (κ3) is 4.54. The quantitative estimate of drug-likeness (QED) is 0.390. The minimum Gasteiger partial charge on any atom is -0.396 e. The number of rotatable bonds is 6. The van der Waals surface area contributed by atoms with Gasteiger partial charge in [0, 0.05) is 63.8 Å². The topological polar surface area (TPSA) is 82.1 Å². The van der Waals surface area contributed by atoms with E-state index in [1.165, 1.54) is 10.6 Å². The van der Waals surface area contributed by atoms with Gasteiger partial charge in [0.2, 0.25) is 0 Å². The number of benzene rings is 1. The summed E-state index contributed by atoms with van der Waals surface area (Å²) in [5.74, 6) is 1.19. The van der Waals surface area contributed by atoms with Gasteiger partial charge in [-0.3, -0.25) is 4.98 Å². The first-order chi connectivity index (χ1) is 15.6. The monoisotopic (exact) mass is 447 g/mol. The fraction of sp³-hybridized carbons (Fsp3) is 0.360. The summed E-state index contributed by atoms with van der Waals surface area (Å²) in [5, 5.41) is 20.5. The van der Waals surface area contributed by atoms with E-state index in [4.69, 9.17) is 4.98 Å². The highest BCUT2D eigenvalue weighted by Crippen LogP contribution is 2.48. The maximum Gasteiger partial charge on any atom is 0.132 e. The fourth-order valence-electron chi connectivity index (χ4n) is 4.64. The molecule has 4 N–H and O–H groups in total. The van der Waals surface area contributed by atoms with Crippen molar-refractivity contribution in [1.82, 2.24) is 9.97 Å². The maximum atomic E-state index is 9.56. The summed E-state index contributed by atoms with van der Waals surface area (Å²) in [5.41, 5.74) is 6.35. The lowest BCUT2D eigenvalue weighted by molar-refractivity contribution is 0.229. The Bertz CT molecular complexity index is 1080. The second-order valence-corrected chi connectivity index (χ2v) is 9.91. The molecule has 1 fully saturated rings. The summed E-state index contributed by atoms with van der Waals surface area (Å²) >= 11 is 1.82. The van der Waals surface area contributed by atoms with Crippen LogP contribution in [0, 0.1) is 19.8 Å². The number of hydrogen-bond donors (Lipinski definition) is 4. The number of aromatic nitrogens is 2. The van der Waals surface area contributed by atoms with Crippen molar-refractivity contribution in [3.63, 3.8) is 0 Å². The molecule has 1 aliphatic carbocycles. The number of aliphatic hydroxyl groups excluding tert-OH is 1. The molecule has 3 heterocycles. The maximum absolute atomic E-state index is 9.56. The molecule has 5 rings (SSSR count). The van der Waals surface area contributed by atoms with Gasteiger partial charge in [0.1, 0.15) is 11.2 Å². The lowest BCUT2D eigenvalue weighted by atomic mass is 10.1. The number of aryl methyl sites for hydroxylation is 2. The second-order valence-electron chi connectivity index (χ2n) is 8.76. The zero-order valence-electron chi connectivity index (χ0n) is 18.4. The molecule has 2 aromatic heterocycles. The first kappa shape index (κ1) is 21.1. The molecule has 7 heteroatoms. The molecule has 3 unspecified atom stereocenters. The van der Waals surface area contributed by atoms with Crippen LogP contribution in [0.5, 0.6) is 0 Å². The van der Waals surface area contributed by atoms with E-state index in [-0.39, 0.29) is 12.0 Å². The molecule has 3 aromatic rings. The van der Waals surface area contributed by atoms with E-state index in [0.717, 1.165) is 53.4 Å². The van der Waals surface area contributed by atoms with Crippen LogP contribution < -0.4 is 16.0 Å². The number of pyridine rings is 2. The van der Waals surface area contributed by atoms with Crippen LogP contribution in [0.4, 0.5) is 22.9 Å². The number of thioether (sulfide) groups is 1. The van der Waals surface area contributed by atoms with Gasteiger partial charge in [-0.15, -0.1) is 0 Å². The Hall–Kier alpha value is -2.77. The summed E-state index contributed by atoms with van der Waals surface area (Å²) in [6, 6.07) is 14.9. The number of nitrogens with one attached hydrogen (secondary N) is 3. The molecule has 166 valence electrons. The highest BCUT2D eigenvalue weighted by atomic mass is 32.2. The van der Waals surface area contributed by atoms with Crippen LogP contribution in [-0.4, -0.2) is 27.7 Å². The Labute approximate surface area is 193 Å². The highest BCUT2D eigenvalue weighted by molar-refractivity contribution is 8.00. The molecule has 32 heavy (non-hydrogen) atoms. The van der Waals surface area contributed by atoms with Crippen molar-refractivity contribution in [1.29, 1.82) is 0 Å². The molecule has 1 saturated carbocycles. The van der Waals surface area contributed by atoms with Crippen molar-refractivity contribution in [2.24, 2.45) is 5.92 Å². The van der Waals surface area contributed by atoms with Gasteiger partial charge in [-0.1, -0.05) is 23.9 Å². The minimum absolute atomic E-state index is 0.108. The minimum atomic E-state index is 0.108. The molecule has 2 aliphatic rings. The van der Waals surface area contributed by atoms with E-state index in [2.05, 4.69) is 51.3 Å². The van der Waals surface area contributed by atoms with Gasteiger partial charge in [-0.05, 0) is 63.3 Å². The summed E-state index contributed by atoms with van der Waals surface area (Å²) in [6.07, 6.45) is 5.11. The van der Waals surface area contributed by atoms with E-state index >= 15 is 0 Å². The molecule has 0 bridgehead atoms. The SMILES string of the molecule is Cc1cc(Nc2cc(NC3CCC(CO)C3)c(C3Nc4ccccc4S3)cn2)cc(C)n1. The normalized spacial score (nSPS) is 21.8. The average molecular weight is 448 g/mol. The van der Waals surface area contributed by atoms with Crippen LogP contribution >= 0.6 is 11.8 Å². The predicted molar refractivity (Wildman–Crippen MR) is 132 cm³/mol. The molecule has 0 radical (unpaired) electrons. The molecular weight excluding hydrogens is 418 g/mol. The fourth-order valence-corrected chi connectivity index (χ4v) is 5.81. The highest BCUT2D eigenvalue weighted by Gasteiger charge is 2.28. The Kier molecular flexibility index (Phi) is 5.93. The predicted octanol–water partition coefficient (Wildman–Crippen LogP) is 5.63. The van der Waals surface area contributed by atoms with Crippen molar-refractivity contribution in [3.05, 3.63) is 65.6 Å². The van der Waals surface area contributed by atoms with Crippen LogP contribution in [0.2, 0.25) is 0 Å². The molecule has 0 saturated heterocycles. The van der Waals surface area contributed by atoms with Gasteiger partial charge in [0.25, 0.3) is 0 Å². The Morgan fingerprint density at radius 1 is 1.12 bits per heavy atom. The lowest BCUT2D eigenvalue weighted by Gasteiger charge is -2.21. The Morgan fingerprint density at radius 3 is 2.69 bits per heavy atom. The first-order valence-corrected chi connectivity index (χ1v) is 12.1. The van der Waals surface area contributed by atoms with Gasteiger partial charge in [0.15, 0.2) is 0 Å². The number of fused-ring (bicyclic) bond motifs is 1. The number of aliphatic hydroxyl groups is 1. The van der Waals surface area contributed by atoms with E-state index in [9.17, 15) is 5.11 Å². The zero-order valence-corrected chi connectivity index (χ0v) is 19.2. The molecule has 1 aliphatic heterocycles. The van der Waals surface area contributed by atoms with E-state index in [1.807, 2.05) is 43.9 Å². The average Bonchev–Trinajstić information content (AvgIpc) is 3.40. The van der Waals surface area contributed by atoms with Gasteiger partial charge >= 0.3 is 0 Å². The van der Waals surface area contributed by atoms with Crippen LogP contribution in [0.25, 0.3) is 0 Å². The number of para-hydroxylation sites is 1. The number of hydrogen-bond acceptors (Lipinski definition) is 7. The number of nitrogens with zero attached hydrogens (tertiary/aromatic N) is 2. The molecular formula is C25H29N5OS. The van der Waals surface area contributed by atoms with E-state index in [0.29, 0.717) is 12.0 Å². The van der Waals surface area contributed by atoms with Crippen LogP contribution in [-0.2, 0) is 0 Å². The molecule has 3 atom stereocenters. The van der Waals surface area contributed by atoms with Crippen molar-refractivity contribution in [2.75, 3.05) is 22.6 Å². The molecule has 6 nitrogen and oxygen atoms in total. The van der Waals surface area contributed by atoms with E-state index in [1.54, 1.807) is 0 Å². The summed E-state index contributed by atoms with van der Waals surface area (Å²) < 4.78 is 0. The molecule has 0 amide bonds. The van der Waals surface area contributed by atoms with Crippen LogP contribution in [0.15, 0.2) is 53.6 Å². The smallest absolute Gasteiger partial charge is 0.132 e. The number of anilines is 4. The zero-order chi connectivity index (χ0) is 22.1. The van der Waals surface area contributed by atoms with Crippen molar-refractivity contribution in [3.8, 4) is 0 Å². The van der Waals surface area contributed by atoms with Gasteiger partial charge < -0.3 is 21.1 Å². The summed E-state index contributed by atoms with van der Waals surface area (Å²) in [6.45, 7) is 4.27. The summed E-state index contributed by atoms with van der Waals surface area (Å²) in [7, 11) is 0. The Balaban J connectivity index is 1.43. The largest absolute Gasteiger partial charge is 0.396 e.